The highest BCUT2D eigenvalue weighted by Gasteiger charge is 2.35. The molecule has 1 unspecified atom stereocenters. The number of aryl methyl sites for hydroxylation is 1. The molecule has 0 amide bonds. The fourth-order valence-corrected chi connectivity index (χ4v) is 6.36. The Hall–Kier alpha value is -2.55. The molecular formula is C24H27ClN2O5S. The van der Waals surface area contributed by atoms with Gasteiger partial charge in [-0.15, -0.1) is 0 Å². The fraction of sp³-hybridized carbons (Fsp3) is 0.375. The van der Waals surface area contributed by atoms with E-state index in [-0.39, 0.29) is 23.5 Å². The molecule has 0 bridgehead atoms. The topological polar surface area (TPSA) is 88.8 Å². The van der Waals surface area contributed by atoms with E-state index in [1.54, 1.807) is 41.8 Å². The number of carbonyl (C=O) groups is 1. The third-order valence-corrected chi connectivity index (χ3v) is 8.17. The van der Waals surface area contributed by atoms with Gasteiger partial charge in [0.1, 0.15) is 12.3 Å². The zero-order chi connectivity index (χ0) is 23.9. The summed E-state index contributed by atoms with van der Waals surface area (Å²) in [5.41, 5.74) is 2.32. The van der Waals surface area contributed by atoms with E-state index >= 15 is 0 Å². The molecule has 2 aromatic carbocycles. The van der Waals surface area contributed by atoms with Crippen molar-refractivity contribution >= 4 is 38.5 Å². The van der Waals surface area contributed by atoms with Crippen molar-refractivity contribution in [3.05, 3.63) is 58.7 Å². The van der Waals surface area contributed by atoms with Gasteiger partial charge < -0.3 is 14.4 Å². The van der Waals surface area contributed by atoms with Gasteiger partial charge in [-0.3, -0.25) is 4.79 Å². The maximum atomic E-state index is 13.4. The third kappa shape index (κ3) is 4.74. The van der Waals surface area contributed by atoms with E-state index in [0.717, 1.165) is 16.5 Å². The number of fused-ring (bicyclic) bond motifs is 1. The molecule has 33 heavy (non-hydrogen) atoms. The van der Waals surface area contributed by atoms with Crippen LogP contribution in [0.4, 0.5) is 0 Å². The van der Waals surface area contributed by atoms with Crippen LogP contribution in [0.15, 0.2) is 47.5 Å². The van der Waals surface area contributed by atoms with E-state index in [0.29, 0.717) is 35.8 Å². The quantitative estimate of drug-likeness (QED) is 0.520. The zero-order valence-corrected chi connectivity index (χ0v) is 20.4. The Morgan fingerprint density at radius 3 is 2.67 bits per heavy atom. The molecule has 1 N–H and O–H groups in total. The van der Waals surface area contributed by atoms with Gasteiger partial charge in [-0.2, -0.15) is 4.31 Å². The molecule has 1 aliphatic rings. The molecule has 1 aromatic heterocycles. The zero-order valence-electron chi connectivity index (χ0n) is 18.8. The Balaban J connectivity index is 1.62. The SMILES string of the molecule is Cc1cc(OC(C)C)ccc1S(=O)(=O)N1CCC(c2cn(CC(=O)O)c3cc(Cl)ccc23)C1. The van der Waals surface area contributed by atoms with Crippen LogP contribution in [0.3, 0.4) is 0 Å². The predicted octanol–water partition coefficient (Wildman–Crippen LogP) is 4.65. The Labute approximate surface area is 198 Å². The first-order valence-electron chi connectivity index (χ1n) is 10.8. The summed E-state index contributed by atoms with van der Waals surface area (Å²) in [5, 5.41) is 10.7. The van der Waals surface area contributed by atoms with Gasteiger partial charge in [-0.1, -0.05) is 17.7 Å². The molecule has 9 heteroatoms. The maximum Gasteiger partial charge on any atom is 0.323 e. The van der Waals surface area contributed by atoms with Crippen LogP contribution < -0.4 is 4.74 Å². The summed E-state index contributed by atoms with van der Waals surface area (Å²) >= 11 is 6.14. The first-order valence-corrected chi connectivity index (χ1v) is 12.7. The van der Waals surface area contributed by atoms with E-state index < -0.39 is 16.0 Å². The molecule has 1 atom stereocenters. The number of carboxylic acids is 1. The van der Waals surface area contributed by atoms with Crippen LogP contribution in [-0.2, 0) is 21.4 Å². The van der Waals surface area contributed by atoms with Crippen LogP contribution >= 0.6 is 11.6 Å². The van der Waals surface area contributed by atoms with Crippen LogP contribution in [0.1, 0.15) is 37.3 Å². The lowest BCUT2D eigenvalue weighted by molar-refractivity contribution is -0.137. The van der Waals surface area contributed by atoms with Crippen molar-refractivity contribution in [3.8, 4) is 5.75 Å². The van der Waals surface area contributed by atoms with Gasteiger partial charge in [0.2, 0.25) is 10.0 Å². The summed E-state index contributed by atoms with van der Waals surface area (Å²) in [6.07, 6.45) is 2.48. The molecule has 4 rings (SSSR count). The van der Waals surface area contributed by atoms with Crippen LogP contribution in [-0.4, -0.2) is 47.6 Å². The second-order valence-electron chi connectivity index (χ2n) is 8.71. The molecule has 0 saturated carbocycles. The van der Waals surface area contributed by atoms with Crippen molar-refractivity contribution in [2.75, 3.05) is 13.1 Å². The van der Waals surface area contributed by atoms with Crippen LogP contribution in [0.2, 0.25) is 5.02 Å². The monoisotopic (exact) mass is 490 g/mol. The Morgan fingerprint density at radius 2 is 2.00 bits per heavy atom. The first-order chi connectivity index (χ1) is 15.6. The van der Waals surface area contributed by atoms with E-state index in [9.17, 15) is 18.3 Å². The number of benzene rings is 2. The predicted molar refractivity (Wildman–Crippen MR) is 128 cm³/mol. The molecule has 0 spiro atoms. The number of hydrogen-bond acceptors (Lipinski definition) is 4. The number of aliphatic carboxylic acids is 1. The number of sulfonamides is 1. The van der Waals surface area contributed by atoms with E-state index in [1.807, 2.05) is 26.1 Å². The number of ether oxygens (including phenoxy) is 1. The van der Waals surface area contributed by atoms with E-state index in [1.165, 1.54) is 4.31 Å². The Kier molecular flexibility index (Phi) is 6.44. The van der Waals surface area contributed by atoms with Gasteiger partial charge in [0.25, 0.3) is 0 Å². The molecule has 1 saturated heterocycles. The summed E-state index contributed by atoms with van der Waals surface area (Å²) < 4.78 is 35.7. The van der Waals surface area contributed by atoms with E-state index in [2.05, 4.69) is 0 Å². The highest BCUT2D eigenvalue weighted by Crippen LogP contribution is 2.37. The number of aromatic nitrogens is 1. The van der Waals surface area contributed by atoms with Crippen molar-refractivity contribution in [2.45, 2.75) is 50.7 Å². The number of nitrogens with zero attached hydrogens (tertiary/aromatic N) is 2. The number of hydrogen-bond donors (Lipinski definition) is 1. The fourth-order valence-electron chi connectivity index (χ4n) is 4.49. The minimum absolute atomic E-state index is 0.00401. The van der Waals surface area contributed by atoms with Gasteiger partial charge in [-0.25, -0.2) is 8.42 Å². The lowest BCUT2D eigenvalue weighted by Gasteiger charge is -2.19. The number of carboxylic acid groups (broad SMARTS) is 1. The highest BCUT2D eigenvalue weighted by atomic mass is 35.5. The van der Waals surface area contributed by atoms with Crippen molar-refractivity contribution in [3.63, 3.8) is 0 Å². The summed E-state index contributed by atoms with van der Waals surface area (Å²) in [6.45, 7) is 6.17. The van der Waals surface area contributed by atoms with Crippen molar-refractivity contribution in [1.29, 1.82) is 0 Å². The summed E-state index contributed by atoms with van der Waals surface area (Å²) in [6, 6.07) is 10.4. The van der Waals surface area contributed by atoms with Crippen LogP contribution in [0, 0.1) is 6.92 Å². The smallest absolute Gasteiger partial charge is 0.323 e. The van der Waals surface area contributed by atoms with E-state index in [4.69, 9.17) is 16.3 Å². The number of halogens is 1. The second-order valence-corrected chi connectivity index (χ2v) is 11.1. The van der Waals surface area contributed by atoms with Crippen molar-refractivity contribution in [1.82, 2.24) is 8.87 Å². The molecular weight excluding hydrogens is 464 g/mol. The molecule has 1 aliphatic heterocycles. The normalized spacial score (nSPS) is 17.2. The molecule has 7 nitrogen and oxygen atoms in total. The Morgan fingerprint density at radius 1 is 1.24 bits per heavy atom. The average Bonchev–Trinajstić information content (AvgIpc) is 3.33. The molecule has 176 valence electrons. The van der Waals surface area contributed by atoms with Crippen molar-refractivity contribution in [2.24, 2.45) is 0 Å². The average molecular weight is 491 g/mol. The maximum absolute atomic E-state index is 13.4. The molecule has 2 heterocycles. The Bertz CT molecular complexity index is 1320. The van der Waals surface area contributed by atoms with Gasteiger partial charge in [-0.05, 0) is 68.7 Å². The van der Waals surface area contributed by atoms with Crippen LogP contribution in [0.5, 0.6) is 5.75 Å². The van der Waals surface area contributed by atoms with Gasteiger partial charge in [0.05, 0.1) is 16.5 Å². The molecule has 0 aliphatic carbocycles. The first kappa shape index (κ1) is 23.6. The third-order valence-electron chi connectivity index (χ3n) is 5.91. The molecule has 0 radical (unpaired) electrons. The minimum atomic E-state index is -3.67. The van der Waals surface area contributed by atoms with Crippen LogP contribution in [0.25, 0.3) is 10.9 Å². The highest BCUT2D eigenvalue weighted by molar-refractivity contribution is 7.89. The molecule has 3 aromatic rings. The second kappa shape index (κ2) is 9.00. The lowest BCUT2D eigenvalue weighted by Crippen LogP contribution is -2.29. The minimum Gasteiger partial charge on any atom is -0.491 e. The van der Waals surface area contributed by atoms with Gasteiger partial charge in [0.15, 0.2) is 0 Å². The van der Waals surface area contributed by atoms with Gasteiger partial charge in [0, 0.05) is 35.6 Å². The molecule has 1 fully saturated rings. The summed E-state index contributed by atoms with van der Waals surface area (Å²) in [7, 11) is -3.67. The van der Waals surface area contributed by atoms with Gasteiger partial charge >= 0.3 is 5.97 Å². The lowest BCUT2D eigenvalue weighted by atomic mass is 9.98. The number of rotatable bonds is 7. The summed E-state index contributed by atoms with van der Waals surface area (Å²) in [5.74, 6) is -0.345. The van der Waals surface area contributed by atoms with Crippen molar-refractivity contribution < 1.29 is 23.1 Å². The largest absolute Gasteiger partial charge is 0.491 e. The summed E-state index contributed by atoms with van der Waals surface area (Å²) in [4.78, 5) is 11.6. The standard InChI is InChI=1S/C24H27ClN2O5S/c1-15(2)32-19-5-7-23(16(3)10-19)33(30,31)27-9-8-17(12-27)21-13-26(14-24(28)29)22-11-18(25)4-6-20(21)22/h4-7,10-11,13,15,17H,8-9,12,14H2,1-3H3,(H,28,29).